The standard InChI is InChI=1S/C10H19F3N2O2/c1-8(14)3-2-4-9(16)15-5-6-17-7-10(11,12)13/h8H,2-7,14H2,1H3,(H,15,16). The van der Waals surface area contributed by atoms with Crippen molar-refractivity contribution in [3.63, 3.8) is 0 Å². The fourth-order valence-electron chi connectivity index (χ4n) is 1.12. The summed E-state index contributed by atoms with van der Waals surface area (Å²) in [7, 11) is 0. The molecule has 1 unspecified atom stereocenters. The maximum Gasteiger partial charge on any atom is 0.411 e. The molecule has 4 nitrogen and oxygen atoms in total. The van der Waals surface area contributed by atoms with Gasteiger partial charge in [-0.1, -0.05) is 0 Å². The van der Waals surface area contributed by atoms with Gasteiger partial charge in [0, 0.05) is 19.0 Å². The highest BCUT2D eigenvalue weighted by molar-refractivity contribution is 5.75. The number of halogens is 3. The van der Waals surface area contributed by atoms with Gasteiger partial charge in [-0.05, 0) is 19.8 Å². The van der Waals surface area contributed by atoms with Gasteiger partial charge < -0.3 is 15.8 Å². The van der Waals surface area contributed by atoms with Crippen molar-refractivity contribution in [1.82, 2.24) is 5.32 Å². The molecule has 0 aliphatic carbocycles. The lowest BCUT2D eigenvalue weighted by Crippen LogP contribution is -2.29. The van der Waals surface area contributed by atoms with Crippen molar-refractivity contribution in [2.45, 2.75) is 38.4 Å². The van der Waals surface area contributed by atoms with Gasteiger partial charge in [0.15, 0.2) is 0 Å². The second kappa shape index (κ2) is 8.30. The molecule has 0 aliphatic heterocycles. The van der Waals surface area contributed by atoms with Crippen molar-refractivity contribution >= 4 is 5.91 Å². The smallest absolute Gasteiger partial charge is 0.370 e. The topological polar surface area (TPSA) is 64.4 Å². The zero-order valence-electron chi connectivity index (χ0n) is 9.85. The number of alkyl halides is 3. The van der Waals surface area contributed by atoms with Crippen molar-refractivity contribution in [2.24, 2.45) is 5.73 Å². The molecule has 102 valence electrons. The van der Waals surface area contributed by atoms with Crippen LogP contribution in [0.4, 0.5) is 13.2 Å². The summed E-state index contributed by atoms with van der Waals surface area (Å²) in [5.74, 6) is -0.193. The molecule has 0 aromatic rings. The number of rotatable bonds is 8. The summed E-state index contributed by atoms with van der Waals surface area (Å²) in [6, 6.07) is 0.0536. The maximum atomic E-state index is 11.7. The van der Waals surface area contributed by atoms with Crippen molar-refractivity contribution in [1.29, 1.82) is 0 Å². The summed E-state index contributed by atoms with van der Waals surface area (Å²) in [5.41, 5.74) is 5.50. The summed E-state index contributed by atoms with van der Waals surface area (Å²) in [4.78, 5) is 11.2. The van der Waals surface area contributed by atoms with E-state index in [1.807, 2.05) is 6.92 Å². The van der Waals surface area contributed by atoms with Gasteiger partial charge in [-0.2, -0.15) is 13.2 Å². The zero-order valence-corrected chi connectivity index (χ0v) is 9.85. The molecular weight excluding hydrogens is 237 g/mol. The Morgan fingerprint density at radius 1 is 1.47 bits per heavy atom. The lowest BCUT2D eigenvalue weighted by Gasteiger charge is -2.09. The van der Waals surface area contributed by atoms with E-state index in [0.717, 1.165) is 6.42 Å². The molecule has 1 atom stereocenters. The fraction of sp³-hybridized carbons (Fsp3) is 0.900. The molecule has 0 aliphatic rings. The molecule has 0 aromatic carbocycles. The third kappa shape index (κ3) is 13.1. The number of carbonyl (C=O) groups excluding carboxylic acids is 1. The number of nitrogens with two attached hydrogens (primary N) is 1. The first-order valence-corrected chi connectivity index (χ1v) is 5.48. The molecule has 0 heterocycles. The van der Waals surface area contributed by atoms with E-state index in [4.69, 9.17) is 5.73 Å². The Kier molecular flexibility index (Phi) is 7.90. The Bertz CT molecular complexity index is 220. The van der Waals surface area contributed by atoms with Crippen molar-refractivity contribution in [3.05, 3.63) is 0 Å². The molecule has 0 bridgehead atoms. The molecule has 0 fully saturated rings. The largest absolute Gasteiger partial charge is 0.411 e. The monoisotopic (exact) mass is 256 g/mol. The van der Waals surface area contributed by atoms with E-state index in [-0.39, 0.29) is 25.1 Å². The van der Waals surface area contributed by atoms with E-state index in [1.165, 1.54) is 0 Å². The molecule has 0 rings (SSSR count). The predicted octanol–water partition coefficient (Wildman–Crippen LogP) is 1.20. The third-order valence-corrected chi connectivity index (χ3v) is 1.90. The molecular formula is C10H19F3N2O2. The van der Waals surface area contributed by atoms with Gasteiger partial charge >= 0.3 is 6.18 Å². The van der Waals surface area contributed by atoms with Crippen LogP contribution < -0.4 is 11.1 Å². The second-order valence-corrected chi connectivity index (χ2v) is 3.89. The Morgan fingerprint density at radius 2 is 2.12 bits per heavy atom. The van der Waals surface area contributed by atoms with Crippen LogP contribution in [0.15, 0.2) is 0 Å². The van der Waals surface area contributed by atoms with Crippen LogP contribution in [0.3, 0.4) is 0 Å². The Hall–Kier alpha value is -0.820. The third-order valence-electron chi connectivity index (χ3n) is 1.90. The molecule has 7 heteroatoms. The minimum absolute atomic E-state index is 0.0536. The first-order chi connectivity index (χ1) is 7.81. The van der Waals surface area contributed by atoms with Crippen molar-refractivity contribution < 1.29 is 22.7 Å². The number of carbonyl (C=O) groups is 1. The van der Waals surface area contributed by atoms with Crippen LogP contribution in [0.25, 0.3) is 0 Å². The van der Waals surface area contributed by atoms with Gasteiger partial charge in [0.25, 0.3) is 0 Å². The maximum absolute atomic E-state index is 11.7. The first-order valence-electron chi connectivity index (χ1n) is 5.48. The van der Waals surface area contributed by atoms with Gasteiger partial charge in [0.05, 0.1) is 6.61 Å². The van der Waals surface area contributed by atoms with Gasteiger partial charge in [0.2, 0.25) is 5.91 Å². The highest BCUT2D eigenvalue weighted by Gasteiger charge is 2.27. The van der Waals surface area contributed by atoms with Crippen LogP contribution in [0.5, 0.6) is 0 Å². The van der Waals surface area contributed by atoms with Crippen molar-refractivity contribution in [3.8, 4) is 0 Å². The SMILES string of the molecule is CC(N)CCCC(=O)NCCOCC(F)(F)F. The van der Waals surface area contributed by atoms with Crippen LogP contribution in [0.2, 0.25) is 0 Å². The number of nitrogens with one attached hydrogen (secondary N) is 1. The number of hydrogen-bond acceptors (Lipinski definition) is 3. The zero-order chi connectivity index (χ0) is 13.3. The summed E-state index contributed by atoms with van der Waals surface area (Å²) >= 11 is 0. The quantitative estimate of drug-likeness (QED) is 0.641. The van der Waals surface area contributed by atoms with E-state index >= 15 is 0 Å². The molecule has 3 N–H and O–H groups in total. The molecule has 0 spiro atoms. The van der Waals surface area contributed by atoms with E-state index in [2.05, 4.69) is 10.1 Å². The number of ether oxygens (including phenoxy) is 1. The Morgan fingerprint density at radius 3 is 2.65 bits per heavy atom. The van der Waals surface area contributed by atoms with Gasteiger partial charge in [0.1, 0.15) is 6.61 Å². The van der Waals surface area contributed by atoms with E-state index < -0.39 is 12.8 Å². The minimum Gasteiger partial charge on any atom is -0.370 e. The number of hydrogen-bond donors (Lipinski definition) is 2. The fourth-order valence-corrected chi connectivity index (χ4v) is 1.12. The van der Waals surface area contributed by atoms with Crippen molar-refractivity contribution in [2.75, 3.05) is 19.8 Å². The van der Waals surface area contributed by atoms with E-state index in [1.54, 1.807) is 0 Å². The molecule has 17 heavy (non-hydrogen) atoms. The summed E-state index contributed by atoms with van der Waals surface area (Å²) in [6.45, 7) is 0.516. The average Bonchev–Trinajstić information content (AvgIpc) is 2.14. The van der Waals surface area contributed by atoms with Gasteiger partial charge in [-0.25, -0.2) is 0 Å². The summed E-state index contributed by atoms with van der Waals surface area (Å²) < 4.78 is 39.3. The Labute approximate surface area is 98.7 Å². The van der Waals surface area contributed by atoms with Crippen LogP contribution in [-0.2, 0) is 9.53 Å². The highest BCUT2D eigenvalue weighted by atomic mass is 19.4. The highest BCUT2D eigenvalue weighted by Crippen LogP contribution is 2.13. The average molecular weight is 256 g/mol. The second-order valence-electron chi connectivity index (χ2n) is 3.89. The van der Waals surface area contributed by atoms with Crippen LogP contribution >= 0.6 is 0 Å². The summed E-state index contributed by atoms with van der Waals surface area (Å²) in [6.07, 6.45) is -2.56. The molecule has 0 saturated heterocycles. The predicted molar refractivity (Wildman–Crippen MR) is 57.4 cm³/mol. The molecule has 0 radical (unpaired) electrons. The molecule has 1 amide bonds. The van der Waals surface area contributed by atoms with Crippen LogP contribution in [0.1, 0.15) is 26.2 Å². The first kappa shape index (κ1) is 16.2. The lowest BCUT2D eigenvalue weighted by atomic mass is 10.1. The van der Waals surface area contributed by atoms with Gasteiger partial charge in [-0.15, -0.1) is 0 Å². The lowest BCUT2D eigenvalue weighted by molar-refractivity contribution is -0.173. The molecule has 0 aromatic heterocycles. The normalized spacial score (nSPS) is 13.5. The van der Waals surface area contributed by atoms with E-state index in [0.29, 0.717) is 12.8 Å². The Balaban J connectivity index is 3.34. The van der Waals surface area contributed by atoms with Crippen LogP contribution in [-0.4, -0.2) is 37.9 Å². The van der Waals surface area contributed by atoms with Crippen LogP contribution in [0, 0.1) is 0 Å². The van der Waals surface area contributed by atoms with Gasteiger partial charge in [-0.3, -0.25) is 4.79 Å². The van der Waals surface area contributed by atoms with E-state index in [9.17, 15) is 18.0 Å². The summed E-state index contributed by atoms with van der Waals surface area (Å²) in [5, 5.41) is 2.47. The molecule has 0 saturated carbocycles. The minimum atomic E-state index is -4.32. The number of amides is 1.